The molecule has 2 aromatic heterocycles. The number of benzene rings is 2. The average Bonchev–Trinajstić information content (AvgIpc) is 2.78. The van der Waals surface area contributed by atoms with Crippen molar-refractivity contribution in [1.82, 2.24) is 9.97 Å². The Bertz CT molecular complexity index is 1270. The SMILES string of the molecule is COc1cc(F)ccc1N(Cc1ccc2cc(F)c(N)nc2c1)C(=O)c1cccnc1. The van der Waals surface area contributed by atoms with Gasteiger partial charge in [-0.15, -0.1) is 0 Å². The number of rotatable bonds is 5. The summed E-state index contributed by atoms with van der Waals surface area (Å²) in [5, 5.41) is 0.583. The van der Waals surface area contributed by atoms with Crippen LogP contribution in [0.4, 0.5) is 20.3 Å². The number of anilines is 2. The number of amides is 1. The van der Waals surface area contributed by atoms with Gasteiger partial charge in [0, 0.05) is 23.8 Å². The highest BCUT2D eigenvalue weighted by atomic mass is 19.1. The van der Waals surface area contributed by atoms with Crippen LogP contribution in [-0.2, 0) is 6.54 Å². The van der Waals surface area contributed by atoms with Crippen LogP contribution in [0, 0.1) is 11.6 Å². The predicted octanol–water partition coefficient (Wildman–Crippen LogP) is 4.35. The van der Waals surface area contributed by atoms with Crippen LogP contribution >= 0.6 is 0 Å². The van der Waals surface area contributed by atoms with Crippen molar-refractivity contribution >= 4 is 28.3 Å². The van der Waals surface area contributed by atoms with Crippen molar-refractivity contribution in [1.29, 1.82) is 0 Å². The van der Waals surface area contributed by atoms with Crippen LogP contribution in [0.2, 0.25) is 0 Å². The first-order valence-electron chi connectivity index (χ1n) is 9.36. The molecular weight excluding hydrogens is 402 g/mol. The van der Waals surface area contributed by atoms with Gasteiger partial charge in [0.2, 0.25) is 0 Å². The molecule has 0 spiro atoms. The van der Waals surface area contributed by atoms with E-state index in [0.29, 0.717) is 22.2 Å². The van der Waals surface area contributed by atoms with Gasteiger partial charge in [-0.05, 0) is 42.0 Å². The molecule has 4 aromatic rings. The Hall–Kier alpha value is -4.07. The second kappa shape index (κ2) is 8.35. The normalized spacial score (nSPS) is 10.8. The Morgan fingerprint density at radius 1 is 1.13 bits per heavy atom. The number of nitrogens with two attached hydrogens (primary N) is 1. The van der Waals surface area contributed by atoms with Crippen molar-refractivity contribution in [2.75, 3.05) is 17.7 Å². The minimum Gasteiger partial charge on any atom is -0.494 e. The van der Waals surface area contributed by atoms with Crippen LogP contribution < -0.4 is 15.4 Å². The summed E-state index contributed by atoms with van der Waals surface area (Å²) in [4.78, 5) is 22.9. The van der Waals surface area contributed by atoms with Crippen molar-refractivity contribution in [2.45, 2.75) is 6.54 Å². The Morgan fingerprint density at radius 3 is 2.71 bits per heavy atom. The fourth-order valence-electron chi connectivity index (χ4n) is 3.27. The summed E-state index contributed by atoms with van der Waals surface area (Å²) in [6.45, 7) is 0.130. The Kier molecular flexibility index (Phi) is 5.44. The first-order valence-corrected chi connectivity index (χ1v) is 9.36. The zero-order valence-corrected chi connectivity index (χ0v) is 16.5. The minimum atomic E-state index is -0.593. The topological polar surface area (TPSA) is 81.3 Å². The summed E-state index contributed by atoms with van der Waals surface area (Å²) in [7, 11) is 1.41. The molecule has 0 unspecified atom stereocenters. The zero-order chi connectivity index (χ0) is 22.0. The van der Waals surface area contributed by atoms with Crippen LogP contribution in [0.25, 0.3) is 10.9 Å². The van der Waals surface area contributed by atoms with Crippen LogP contribution in [-0.4, -0.2) is 23.0 Å². The molecule has 0 fully saturated rings. The van der Waals surface area contributed by atoms with Crippen LogP contribution in [0.3, 0.4) is 0 Å². The summed E-state index contributed by atoms with van der Waals surface area (Å²) >= 11 is 0. The Labute approximate surface area is 176 Å². The minimum absolute atomic E-state index is 0.130. The van der Waals surface area contributed by atoms with Crippen molar-refractivity contribution in [3.63, 3.8) is 0 Å². The van der Waals surface area contributed by atoms with E-state index in [1.54, 1.807) is 36.5 Å². The van der Waals surface area contributed by atoms with Crippen LogP contribution in [0.15, 0.2) is 67.0 Å². The molecule has 156 valence electrons. The molecule has 2 N–H and O–H groups in total. The third-order valence-electron chi connectivity index (χ3n) is 4.79. The second-order valence-corrected chi connectivity index (χ2v) is 6.83. The summed E-state index contributed by atoms with van der Waals surface area (Å²) in [6, 6.07) is 13.8. The van der Waals surface area contributed by atoms with Gasteiger partial charge in [-0.2, -0.15) is 0 Å². The summed E-state index contributed by atoms with van der Waals surface area (Å²) in [5.41, 5.74) is 7.56. The number of methoxy groups -OCH3 is 1. The molecule has 0 bridgehead atoms. The molecule has 0 aliphatic rings. The lowest BCUT2D eigenvalue weighted by molar-refractivity contribution is 0.0984. The van der Waals surface area contributed by atoms with E-state index < -0.39 is 11.6 Å². The van der Waals surface area contributed by atoms with Gasteiger partial charge in [-0.25, -0.2) is 13.8 Å². The number of hydrogen-bond donors (Lipinski definition) is 1. The fourth-order valence-corrected chi connectivity index (χ4v) is 3.27. The van der Waals surface area contributed by atoms with E-state index in [1.807, 2.05) is 0 Å². The number of fused-ring (bicyclic) bond motifs is 1. The van der Waals surface area contributed by atoms with E-state index in [2.05, 4.69) is 9.97 Å². The van der Waals surface area contributed by atoms with Crippen LogP contribution in [0.5, 0.6) is 5.75 Å². The molecule has 0 aliphatic carbocycles. The summed E-state index contributed by atoms with van der Waals surface area (Å²) < 4.78 is 32.8. The van der Waals surface area contributed by atoms with Gasteiger partial charge in [0.05, 0.1) is 30.4 Å². The Morgan fingerprint density at radius 2 is 1.97 bits per heavy atom. The third-order valence-corrected chi connectivity index (χ3v) is 4.79. The number of nitrogens with zero attached hydrogens (tertiary/aromatic N) is 3. The van der Waals surface area contributed by atoms with Gasteiger partial charge >= 0.3 is 0 Å². The molecule has 0 saturated heterocycles. The highest BCUT2D eigenvalue weighted by Crippen LogP contribution is 2.32. The third kappa shape index (κ3) is 4.13. The number of hydrogen-bond acceptors (Lipinski definition) is 5. The molecular formula is C23H18F2N4O2. The van der Waals surface area contributed by atoms with Crippen LogP contribution in [0.1, 0.15) is 15.9 Å². The molecule has 31 heavy (non-hydrogen) atoms. The number of aromatic nitrogens is 2. The summed E-state index contributed by atoms with van der Waals surface area (Å²) in [6.07, 6.45) is 3.02. The van der Waals surface area contributed by atoms with E-state index in [4.69, 9.17) is 10.5 Å². The molecule has 0 atom stereocenters. The average molecular weight is 420 g/mol. The van der Waals surface area contributed by atoms with E-state index in [9.17, 15) is 13.6 Å². The number of pyridine rings is 2. The van der Waals surface area contributed by atoms with Crippen molar-refractivity contribution < 1.29 is 18.3 Å². The van der Waals surface area contributed by atoms with Gasteiger partial charge in [-0.3, -0.25) is 9.78 Å². The highest BCUT2D eigenvalue weighted by Gasteiger charge is 2.22. The molecule has 0 radical (unpaired) electrons. The number of halogens is 2. The fraction of sp³-hybridized carbons (Fsp3) is 0.0870. The van der Waals surface area contributed by atoms with E-state index in [1.165, 1.54) is 42.5 Å². The predicted molar refractivity (Wildman–Crippen MR) is 114 cm³/mol. The first-order chi connectivity index (χ1) is 15.0. The number of nitrogen functional groups attached to an aromatic ring is 1. The highest BCUT2D eigenvalue weighted by molar-refractivity contribution is 6.06. The molecule has 2 heterocycles. The van der Waals surface area contributed by atoms with Crippen molar-refractivity contribution in [3.05, 3.63) is 89.8 Å². The van der Waals surface area contributed by atoms with Crippen molar-refractivity contribution in [2.24, 2.45) is 0 Å². The van der Waals surface area contributed by atoms with Gasteiger partial charge < -0.3 is 15.4 Å². The molecule has 2 aromatic carbocycles. The standard InChI is InChI=1S/C23H18F2N4O2/c1-31-21-11-17(24)6-7-20(21)29(23(30)16-3-2-8-27-12-16)13-14-4-5-15-10-18(25)22(26)28-19(15)9-14/h2-12H,13H2,1H3,(H2,26,28). The molecule has 4 rings (SSSR count). The maximum Gasteiger partial charge on any atom is 0.260 e. The molecule has 6 nitrogen and oxygen atoms in total. The molecule has 8 heteroatoms. The number of carbonyl (C=O) groups excluding carboxylic acids is 1. The van der Waals surface area contributed by atoms with E-state index in [0.717, 1.165) is 5.56 Å². The lowest BCUT2D eigenvalue weighted by Gasteiger charge is -2.25. The number of ether oxygens (including phenoxy) is 1. The monoisotopic (exact) mass is 420 g/mol. The van der Waals surface area contributed by atoms with Gasteiger partial charge in [0.15, 0.2) is 11.6 Å². The molecule has 1 amide bonds. The first kappa shape index (κ1) is 20.2. The molecule has 0 aliphatic heterocycles. The lowest BCUT2D eigenvalue weighted by Crippen LogP contribution is -2.31. The summed E-state index contributed by atoms with van der Waals surface area (Å²) in [5.74, 6) is -1.41. The van der Waals surface area contributed by atoms with Crippen molar-refractivity contribution in [3.8, 4) is 5.75 Å². The molecule has 0 saturated carbocycles. The largest absolute Gasteiger partial charge is 0.494 e. The smallest absolute Gasteiger partial charge is 0.260 e. The van der Waals surface area contributed by atoms with Gasteiger partial charge in [-0.1, -0.05) is 12.1 Å². The zero-order valence-electron chi connectivity index (χ0n) is 16.5. The second-order valence-electron chi connectivity index (χ2n) is 6.83. The van der Waals surface area contributed by atoms with Gasteiger partial charge in [0.25, 0.3) is 5.91 Å². The van der Waals surface area contributed by atoms with E-state index >= 15 is 0 Å². The lowest BCUT2D eigenvalue weighted by atomic mass is 10.1. The number of carbonyl (C=O) groups is 1. The van der Waals surface area contributed by atoms with E-state index in [-0.39, 0.29) is 24.0 Å². The Balaban J connectivity index is 1.79. The maximum absolute atomic E-state index is 13.7. The maximum atomic E-state index is 13.7. The van der Waals surface area contributed by atoms with Gasteiger partial charge in [0.1, 0.15) is 11.6 Å². The quantitative estimate of drug-likeness (QED) is 0.519.